The zero-order valence-electron chi connectivity index (χ0n) is 16.8. The third-order valence-corrected chi connectivity index (χ3v) is 6.24. The molecule has 1 aliphatic carbocycles. The van der Waals surface area contributed by atoms with Crippen LogP contribution in [0.4, 0.5) is 5.82 Å². The molecule has 0 atom stereocenters. The molecular weight excluding hydrogens is 394 g/mol. The first-order chi connectivity index (χ1) is 14.7. The number of thioether (sulfide) groups is 1. The lowest BCUT2D eigenvalue weighted by Crippen LogP contribution is -2.17. The van der Waals surface area contributed by atoms with Crippen LogP contribution in [0.25, 0.3) is 16.7 Å². The molecule has 2 aromatic carbocycles. The average molecular weight is 418 g/mol. The van der Waals surface area contributed by atoms with Gasteiger partial charge in [-0.1, -0.05) is 42.1 Å². The summed E-state index contributed by atoms with van der Waals surface area (Å²) in [5, 5.41) is 8.67. The number of anilines is 1. The summed E-state index contributed by atoms with van der Waals surface area (Å²) in [6.45, 7) is 2.91. The molecule has 30 heavy (non-hydrogen) atoms. The van der Waals surface area contributed by atoms with E-state index in [0.29, 0.717) is 11.7 Å². The lowest BCUT2D eigenvalue weighted by Gasteiger charge is -2.09. The van der Waals surface area contributed by atoms with Gasteiger partial charge in [-0.2, -0.15) is 5.10 Å². The summed E-state index contributed by atoms with van der Waals surface area (Å²) >= 11 is 1.46. The van der Waals surface area contributed by atoms with Crippen LogP contribution in [0.1, 0.15) is 31.4 Å². The molecule has 0 spiro atoms. The smallest absolute Gasteiger partial charge is 0.236 e. The lowest BCUT2D eigenvalue weighted by molar-refractivity contribution is -0.113. The molecule has 7 heteroatoms. The Morgan fingerprint density at radius 3 is 2.67 bits per heavy atom. The highest BCUT2D eigenvalue weighted by Crippen LogP contribution is 2.40. The lowest BCUT2D eigenvalue weighted by atomic mass is 10.3. The van der Waals surface area contributed by atoms with Crippen LogP contribution in [0.15, 0.2) is 65.8 Å². The van der Waals surface area contributed by atoms with Crippen molar-refractivity contribution in [2.75, 3.05) is 11.1 Å². The van der Waals surface area contributed by atoms with Gasteiger partial charge in [-0.15, -0.1) is 0 Å². The highest BCUT2D eigenvalue weighted by Gasteiger charge is 2.28. The molecule has 4 aromatic rings. The number of hydrogen-bond donors (Lipinski definition) is 1. The molecule has 1 aliphatic rings. The van der Waals surface area contributed by atoms with Crippen LogP contribution in [0, 0.1) is 0 Å². The van der Waals surface area contributed by atoms with Crippen molar-refractivity contribution in [3.63, 3.8) is 0 Å². The van der Waals surface area contributed by atoms with Crippen molar-refractivity contribution < 1.29 is 4.79 Å². The second-order valence-corrected chi connectivity index (χ2v) is 8.38. The van der Waals surface area contributed by atoms with E-state index in [-0.39, 0.29) is 5.91 Å². The molecule has 152 valence electrons. The summed E-state index contributed by atoms with van der Waals surface area (Å²) in [6, 6.07) is 20.0. The van der Waals surface area contributed by atoms with E-state index in [1.807, 2.05) is 59.3 Å². The molecule has 2 aromatic heterocycles. The predicted molar refractivity (Wildman–Crippen MR) is 120 cm³/mol. The Labute approximate surface area is 179 Å². The van der Waals surface area contributed by atoms with Crippen molar-refractivity contribution in [1.29, 1.82) is 0 Å². The monoisotopic (exact) mass is 417 g/mol. The molecule has 0 aliphatic heterocycles. The molecule has 0 saturated heterocycles. The summed E-state index contributed by atoms with van der Waals surface area (Å²) < 4.78 is 3.98. The second kappa shape index (κ2) is 7.99. The average Bonchev–Trinajstić information content (AvgIpc) is 3.44. The largest absolute Gasteiger partial charge is 0.319 e. The molecule has 0 unspecified atom stereocenters. The standard InChI is InChI=1S/C23H23N5OS/c1-2-27-20-11-7-6-10-18(20)24-23(27)30-15-22(29)25-21-14-19(16-12-13-16)26-28(21)17-8-4-3-5-9-17/h3-11,14,16H,2,12-13,15H2,1H3,(H,25,29). The number of nitrogens with one attached hydrogen (secondary N) is 1. The summed E-state index contributed by atoms with van der Waals surface area (Å²) in [5.41, 5.74) is 4.05. The van der Waals surface area contributed by atoms with E-state index in [0.717, 1.165) is 39.9 Å². The second-order valence-electron chi connectivity index (χ2n) is 7.44. The predicted octanol–water partition coefficient (Wildman–Crippen LogP) is 4.85. The Morgan fingerprint density at radius 1 is 1.13 bits per heavy atom. The first kappa shape index (κ1) is 18.9. The third kappa shape index (κ3) is 3.73. The van der Waals surface area contributed by atoms with Crippen LogP contribution in [-0.4, -0.2) is 31.0 Å². The quantitative estimate of drug-likeness (QED) is 0.437. The topological polar surface area (TPSA) is 64.7 Å². The number of amides is 1. The molecular formula is C23H23N5OS. The molecule has 0 bridgehead atoms. The molecule has 0 radical (unpaired) electrons. The molecule has 1 saturated carbocycles. The van der Waals surface area contributed by atoms with Gasteiger partial charge in [-0.05, 0) is 44.0 Å². The van der Waals surface area contributed by atoms with Crippen molar-refractivity contribution in [3.8, 4) is 5.69 Å². The number of aryl methyl sites for hydroxylation is 1. The number of nitrogens with zero attached hydrogens (tertiary/aromatic N) is 4. The van der Waals surface area contributed by atoms with Crippen molar-refractivity contribution in [2.24, 2.45) is 0 Å². The summed E-state index contributed by atoms with van der Waals surface area (Å²) in [7, 11) is 0. The fourth-order valence-corrected chi connectivity index (χ4v) is 4.49. The highest BCUT2D eigenvalue weighted by atomic mass is 32.2. The van der Waals surface area contributed by atoms with Crippen LogP contribution >= 0.6 is 11.8 Å². The Bertz CT molecular complexity index is 1190. The Balaban J connectivity index is 1.34. The minimum atomic E-state index is -0.0610. The zero-order valence-corrected chi connectivity index (χ0v) is 17.6. The number of para-hydroxylation sites is 3. The van der Waals surface area contributed by atoms with Crippen LogP contribution in [0.3, 0.4) is 0 Å². The maximum atomic E-state index is 12.8. The fraction of sp³-hybridized carbons (Fsp3) is 0.261. The molecule has 5 rings (SSSR count). The molecule has 1 amide bonds. The van der Waals surface area contributed by atoms with Gasteiger partial charge in [0.2, 0.25) is 5.91 Å². The van der Waals surface area contributed by atoms with E-state index >= 15 is 0 Å². The van der Waals surface area contributed by atoms with Crippen LogP contribution in [0.5, 0.6) is 0 Å². The van der Waals surface area contributed by atoms with E-state index in [1.165, 1.54) is 24.6 Å². The van der Waals surface area contributed by atoms with Crippen molar-refractivity contribution >= 4 is 34.5 Å². The summed E-state index contributed by atoms with van der Waals surface area (Å²) in [4.78, 5) is 17.5. The number of rotatable bonds is 7. The van der Waals surface area contributed by atoms with Gasteiger partial charge in [-0.3, -0.25) is 4.79 Å². The number of aromatic nitrogens is 4. The van der Waals surface area contributed by atoms with E-state index in [9.17, 15) is 4.79 Å². The van der Waals surface area contributed by atoms with E-state index in [1.54, 1.807) is 0 Å². The first-order valence-electron chi connectivity index (χ1n) is 10.3. The van der Waals surface area contributed by atoms with Crippen molar-refractivity contribution in [2.45, 2.75) is 37.4 Å². The molecule has 1 fully saturated rings. The van der Waals surface area contributed by atoms with Gasteiger partial charge in [0, 0.05) is 18.5 Å². The number of fused-ring (bicyclic) bond motifs is 1. The van der Waals surface area contributed by atoms with E-state index in [4.69, 9.17) is 10.1 Å². The normalized spacial score (nSPS) is 13.6. The molecule has 6 nitrogen and oxygen atoms in total. The Hall–Kier alpha value is -3.06. The minimum absolute atomic E-state index is 0.0610. The Kier molecular flexibility index (Phi) is 5.04. The van der Waals surface area contributed by atoms with Gasteiger partial charge in [0.25, 0.3) is 0 Å². The fourth-order valence-electron chi connectivity index (χ4n) is 3.61. The van der Waals surface area contributed by atoms with Gasteiger partial charge >= 0.3 is 0 Å². The SMILES string of the molecule is CCn1c(SCC(=O)Nc2cc(C3CC3)nn2-c2ccccc2)nc2ccccc21. The number of carbonyl (C=O) groups is 1. The summed E-state index contributed by atoms with van der Waals surface area (Å²) in [6.07, 6.45) is 2.34. The maximum absolute atomic E-state index is 12.8. The maximum Gasteiger partial charge on any atom is 0.236 e. The Morgan fingerprint density at radius 2 is 1.90 bits per heavy atom. The third-order valence-electron chi connectivity index (χ3n) is 5.26. The van der Waals surface area contributed by atoms with Gasteiger partial charge < -0.3 is 9.88 Å². The van der Waals surface area contributed by atoms with Crippen molar-refractivity contribution in [3.05, 3.63) is 66.4 Å². The number of carbonyl (C=O) groups excluding carboxylic acids is 1. The van der Waals surface area contributed by atoms with Gasteiger partial charge in [0.1, 0.15) is 5.82 Å². The van der Waals surface area contributed by atoms with Crippen LogP contribution in [-0.2, 0) is 11.3 Å². The van der Waals surface area contributed by atoms with Gasteiger partial charge in [-0.25, -0.2) is 9.67 Å². The molecule has 1 N–H and O–H groups in total. The molecule has 2 heterocycles. The number of benzene rings is 2. The zero-order chi connectivity index (χ0) is 20.5. The van der Waals surface area contributed by atoms with Gasteiger partial charge in [0.15, 0.2) is 5.16 Å². The highest BCUT2D eigenvalue weighted by molar-refractivity contribution is 7.99. The van der Waals surface area contributed by atoms with Crippen LogP contribution < -0.4 is 5.32 Å². The first-order valence-corrected chi connectivity index (χ1v) is 11.2. The minimum Gasteiger partial charge on any atom is -0.319 e. The number of imidazole rings is 1. The summed E-state index contributed by atoms with van der Waals surface area (Å²) in [5.74, 6) is 1.47. The van der Waals surface area contributed by atoms with E-state index < -0.39 is 0 Å². The van der Waals surface area contributed by atoms with Gasteiger partial charge in [0.05, 0.1) is 28.2 Å². The van der Waals surface area contributed by atoms with Crippen LogP contribution in [0.2, 0.25) is 0 Å². The van der Waals surface area contributed by atoms with Crippen molar-refractivity contribution in [1.82, 2.24) is 19.3 Å². The number of hydrogen-bond acceptors (Lipinski definition) is 4. The van der Waals surface area contributed by atoms with E-state index in [2.05, 4.69) is 22.9 Å².